The number of hydrogen-bond donors (Lipinski definition) is 1. The summed E-state index contributed by atoms with van der Waals surface area (Å²) in [6, 6.07) is 11.6. The molecule has 1 saturated carbocycles. The largest absolute Gasteiger partial charge is 0.364 e. The van der Waals surface area contributed by atoms with Crippen LogP contribution in [0.2, 0.25) is 0 Å². The van der Waals surface area contributed by atoms with Crippen LogP contribution in [0, 0.1) is 17.8 Å². The fraction of sp³-hybridized carbons (Fsp3) is 0.409. The van der Waals surface area contributed by atoms with Gasteiger partial charge in [-0.1, -0.05) is 30.3 Å². The van der Waals surface area contributed by atoms with Crippen molar-refractivity contribution in [2.45, 2.75) is 25.3 Å². The van der Waals surface area contributed by atoms with E-state index in [4.69, 9.17) is 5.73 Å². The van der Waals surface area contributed by atoms with Crippen molar-refractivity contribution in [1.29, 1.82) is 0 Å². The molecule has 3 heterocycles. The summed E-state index contributed by atoms with van der Waals surface area (Å²) in [5.74, 6) is 0.657. The number of rotatable bonds is 4. The van der Waals surface area contributed by atoms with Crippen molar-refractivity contribution < 1.29 is 9.59 Å². The van der Waals surface area contributed by atoms with Crippen LogP contribution in [0.15, 0.2) is 47.7 Å². The topological polar surface area (TPSA) is 105 Å². The molecular formula is C22H24N6O2. The lowest BCUT2D eigenvalue weighted by Gasteiger charge is -2.27. The van der Waals surface area contributed by atoms with Gasteiger partial charge in [0.05, 0.1) is 6.04 Å². The van der Waals surface area contributed by atoms with Gasteiger partial charge in [-0.3, -0.25) is 9.59 Å². The van der Waals surface area contributed by atoms with Crippen LogP contribution < -0.4 is 10.6 Å². The first-order valence-corrected chi connectivity index (χ1v) is 10.4. The van der Waals surface area contributed by atoms with Crippen molar-refractivity contribution in [1.82, 2.24) is 15.0 Å². The minimum absolute atomic E-state index is 0.0224. The number of nitrogens with zero attached hydrogens (tertiary/aromatic N) is 5. The van der Waals surface area contributed by atoms with E-state index in [1.165, 1.54) is 6.07 Å². The van der Waals surface area contributed by atoms with E-state index in [9.17, 15) is 9.59 Å². The van der Waals surface area contributed by atoms with Crippen molar-refractivity contribution >= 4 is 24.0 Å². The molecule has 1 saturated heterocycles. The van der Waals surface area contributed by atoms with Crippen LogP contribution >= 0.6 is 0 Å². The zero-order valence-electron chi connectivity index (χ0n) is 16.6. The number of carbonyl (C=O) groups excluding carboxylic acids is 2. The van der Waals surface area contributed by atoms with Gasteiger partial charge in [0.15, 0.2) is 0 Å². The molecule has 1 aromatic heterocycles. The molecule has 3 aliphatic rings. The highest BCUT2D eigenvalue weighted by Crippen LogP contribution is 2.45. The first-order chi connectivity index (χ1) is 14.6. The van der Waals surface area contributed by atoms with E-state index in [2.05, 4.69) is 32.1 Å². The molecule has 30 heavy (non-hydrogen) atoms. The maximum Gasteiger partial charge on any atom is 0.267 e. The van der Waals surface area contributed by atoms with Crippen LogP contribution in [0.3, 0.4) is 0 Å². The van der Waals surface area contributed by atoms with Crippen molar-refractivity contribution in [3.8, 4) is 0 Å². The van der Waals surface area contributed by atoms with E-state index in [0.29, 0.717) is 18.4 Å². The van der Waals surface area contributed by atoms with Crippen LogP contribution in [0.25, 0.3) is 0 Å². The van der Waals surface area contributed by atoms with Crippen molar-refractivity contribution in [3.63, 3.8) is 0 Å². The third-order valence-corrected chi connectivity index (χ3v) is 6.59. The number of aromatic nitrogens is 2. The van der Waals surface area contributed by atoms with Gasteiger partial charge >= 0.3 is 0 Å². The minimum Gasteiger partial charge on any atom is -0.364 e. The van der Waals surface area contributed by atoms with Gasteiger partial charge in [-0.25, -0.2) is 15.0 Å². The lowest BCUT2D eigenvalue weighted by Crippen LogP contribution is -2.36. The Labute approximate surface area is 174 Å². The molecule has 4 unspecified atom stereocenters. The van der Waals surface area contributed by atoms with Crippen LogP contribution in [0.4, 0.5) is 5.95 Å². The Morgan fingerprint density at radius 1 is 1.07 bits per heavy atom. The first-order valence-electron chi connectivity index (χ1n) is 10.4. The second kappa shape index (κ2) is 7.51. The number of hydrazone groups is 1. The number of anilines is 1. The predicted molar refractivity (Wildman–Crippen MR) is 112 cm³/mol. The summed E-state index contributed by atoms with van der Waals surface area (Å²) in [6.07, 6.45) is 6.03. The molecule has 154 valence electrons. The zero-order chi connectivity index (χ0) is 20.7. The van der Waals surface area contributed by atoms with E-state index in [0.717, 1.165) is 31.4 Å². The summed E-state index contributed by atoms with van der Waals surface area (Å²) in [4.78, 5) is 35.6. The molecule has 2 fully saturated rings. The van der Waals surface area contributed by atoms with Crippen molar-refractivity contribution in [2.24, 2.45) is 28.6 Å². The summed E-state index contributed by atoms with van der Waals surface area (Å²) >= 11 is 0. The lowest BCUT2D eigenvalue weighted by atomic mass is 9.91. The third-order valence-electron chi connectivity index (χ3n) is 6.59. The van der Waals surface area contributed by atoms with E-state index >= 15 is 0 Å². The second-order valence-electron chi connectivity index (χ2n) is 8.26. The fourth-order valence-electron chi connectivity index (χ4n) is 5.12. The van der Waals surface area contributed by atoms with E-state index in [-0.39, 0.29) is 29.5 Å². The first kappa shape index (κ1) is 18.7. The molecule has 1 aliphatic carbocycles. The monoisotopic (exact) mass is 404 g/mol. The van der Waals surface area contributed by atoms with Gasteiger partial charge in [0.1, 0.15) is 5.69 Å². The number of carbonyl (C=O) groups is 2. The highest BCUT2D eigenvalue weighted by molar-refractivity contribution is 5.90. The Hall–Kier alpha value is -3.29. The number of amides is 2. The normalized spacial score (nSPS) is 27.5. The number of nitrogens with two attached hydrogens (primary N) is 1. The third kappa shape index (κ3) is 3.22. The molecule has 4 atom stereocenters. The second-order valence-corrected chi connectivity index (χ2v) is 8.26. The summed E-state index contributed by atoms with van der Waals surface area (Å²) in [5, 5.41) is 6.12. The number of hydrogen-bond acceptors (Lipinski definition) is 6. The molecule has 1 aromatic carbocycles. The van der Waals surface area contributed by atoms with Crippen molar-refractivity contribution in [2.75, 3.05) is 18.0 Å². The molecule has 0 bridgehead atoms. The molecule has 2 aromatic rings. The lowest BCUT2D eigenvalue weighted by molar-refractivity contribution is -0.138. The quantitative estimate of drug-likeness (QED) is 0.839. The Kier molecular flexibility index (Phi) is 4.69. The maximum absolute atomic E-state index is 13.5. The molecule has 0 spiro atoms. The molecule has 2 aliphatic heterocycles. The molecule has 2 N–H and O–H groups in total. The highest BCUT2D eigenvalue weighted by atomic mass is 16.2. The van der Waals surface area contributed by atoms with Gasteiger partial charge in [-0.05, 0) is 36.3 Å². The van der Waals surface area contributed by atoms with E-state index in [1.54, 1.807) is 11.2 Å². The standard InChI is InChI=1S/C22H24N6O2/c23-20(29)18-8-10-24-22(26-18)27-12-15-6-7-16(17(15)13-27)21(30)28-19(9-11-25-28)14-4-2-1-3-5-14/h1-5,8,10-11,15-17,19H,6-7,9,12-13H2,(H2,23,29). The zero-order valence-corrected chi connectivity index (χ0v) is 16.6. The van der Waals surface area contributed by atoms with Crippen LogP contribution in [0.5, 0.6) is 0 Å². The summed E-state index contributed by atoms with van der Waals surface area (Å²) in [7, 11) is 0. The molecule has 5 rings (SSSR count). The molecule has 2 amide bonds. The Morgan fingerprint density at radius 2 is 1.90 bits per heavy atom. The molecular weight excluding hydrogens is 380 g/mol. The van der Waals surface area contributed by atoms with Crippen LogP contribution in [0.1, 0.15) is 41.4 Å². The average Bonchev–Trinajstić information content (AvgIpc) is 3.49. The Morgan fingerprint density at radius 3 is 2.70 bits per heavy atom. The predicted octanol–water partition coefficient (Wildman–Crippen LogP) is 2.00. The minimum atomic E-state index is -0.565. The van der Waals surface area contributed by atoms with E-state index in [1.807, 2.05) is 24.4 Å². The highest BCUT2D eigenvalue weighted by Gasteiger charge is 2.48. The average molecular weight is 404 g/mol. The number of benzene rings is 1. The Balaban J connectivity index is 1.32. The van der Waals surface area contributed by atoms with Crippen molar-refractivity contribution in [3.05, 3.63) is 53.9 Å². The van der Waals surface area contributed by atoms with Gasteiger partial charge < -0.3 is 10.6 Å². The van der Waals surface area contributed by atoms with Crippen LogP contribution in [-0.4, -0.2) is 46.1 Å². The number of primary amides is 1. The molecule has 8 heteroatoms. The smallest absolute Gasteiger partial charge is 0.267 e. The van der Waals surface area contributed by atoms with E-state index < -0.39 is 5.91 Å². The summed E-state index contributed by atoms with van der Waals surface area (Å²) < 4.78 is 0. The molecule has 0 radical (unpaired) electrons. The SMILES string of the molecule is NC(=O)c1ccnc(N2CC3CCC(C(=O)N4N=CCC4c4ccccc4)C3C2)n1. The summed E-state index contributed by atoms with van der Waals surface area (Å²) in [6.45, 7) is 1.50. The van der Waals surface area contributed by atoms with Gasteiger partial charge in [0, 0.05) is 37.8 Å². The van der Waals surface area contributed by atoms with Gasteiger partial charge in [-0.15, -0.1) is 0 Å². The summed E-state index contributed by atoms with van der Waals surface area (Å²) in [5.41, 5.74) is 6.68. The van der Waals surface area contributed by atoms with Gasteiger partial charge in [0.2, 0.25) is 11.9 Å². The van der Waals surface area contributed by atoms with Crippen LogP contribution in [-0.2, 0) is 4.79 Å². The van der Waals surface area contributed by atoms with Gasteiger partial charge in [-0.2, -0.15) is 5.10 Å². The fourth-order valence-corrected chi connectivity index (χ4v) is 5.12. The number of fused-ring (bicyclic) bond motifs is 1. The Bertz CT molecular complexity index is 994. The maximum atomic E-state index is 13.5. The van der Waals surface area contributed by atoms with Gasteiger partial charge in [0.25, 0.3) is 5.91 Å². The molecule has 8 nitrogen and oxygen atoms in total.